The minimum absolute atomic E-state index is 0.0406. The molecule has 0 aromatic heterocycles. The number of hydrogen-bond donors (Lipinski definition) is 0. The van der Waals surface area contributed by atoms with Gasteiger partial charge in [0, 0.05) is 13.1 Å². The monoisotopic (exact) mass is 383 g/mol. The summed E-state index contributed by atoms with van der Waals surface area (Å²) in [5, 5.41) is 0. The first kappa shape index (κ1) is 20.2. The van der Waals surface area contributed by atoms with Gasteiger partial charge in [-0.15, -0.1) is 0 Å². The number of carbonyl (C=O) groups is 2. The second-order valence-corrected chi connectivity index (χ2v) is 9.10. The zero-order chi connectivity index (χ0) is 19.3. The van der Waals surface area contributed by atoms with Gasteiger partial charge in [0.15, 0.2) is 16.4 Å². The molecule has 1 amide bonds. The highest BCUT2D eigenvalue weighted by Gasteiger charge is 2.32. The molecule has 0 spiro atoms. The molecule has 0 bridgehead atoms. The van der Waals surface area contributed by atoms with Crippen LogP contribution in [0.1, 0.15) is 30.6 Å². The van der Waals surface area contributed by atoms with Crippen LogP contribution in [0.3, 0.4) is 0 Å². The van der Waals surface area contributed by atoms with E-state index in [1.807, 2.05) is 13.8 Å². The highest BCUT2D eigenvalue weighted by molar-refractivity contribution is 7.91. The van der Waals surface area contributed by atoms with Crippen molar-refractivity contribution < 1.29 is 27.5 Å². The van der Waals surface area contributed by atoms with Crippen molar-refractivity contribution in [3.05, 3.63) is 29.8 Å². The van der Waals surface area contributed by atoms with Crippen molar-refractivity contribution in [3.63, 3.8) is 0 Å². The third-order valence-electron chi connectivity index (χ3n) is 4.15. The molecule has 1 heterocycles. The molecule has 0 saturated carbocycles. The van der Waals surface area contributed by atoms with Crippen LogP contribution in [0, 0.1) is 5.92 Å². The number of nitrogens with zero attached hydrogens (tertiary/aromatic N) is 1. The minimum Gasteiger partial charge on any atom is -0.493 e. The summed E-state index contributed by atoms with van der Waals surface area (Å²) in [6, 6.07) is 6.15. The van der Waals surface area contributed by atoms with Gasteiger partial charge in [0.1, 0.15) is 5.75 Å². The largest absolute Gasteiger partial charge is 0.493 e. The summed E-state index contributed by atoms with van der Waals surface area (Å²) in [4.78, 5) is 25.5. The van der Waals surface area contributed by atoms with Crippen LogP contribution in [0.25, 0.3) is 0 Å². The van der Waals surface area contributed by atoms with E-state index in [1.165, 1.54) is 11.9 Å². The lowest BCUT2D eigenvalue weighted by Gasteiger charge is -2.23. The molecule has 1 atom stereocenters. The van der Waals surface area contributed by atoms with Crippen molar-refractivity contribution >= 4 is 21.7 Å². The molecule has 144 valence electrons. The van der Waals surface area contributed by atoms with Crippen molar-refractivity contribution in [2.24, 2.45) is 5.92 Å². The number of likely N-dealkylation sites (N-methyl/N-ethyl adjacent to an activating group) is 1. The van der Waals surface area contributed by atoms with E-state index in [1.54, 1.807) is 24.3 Å². The minimum atomic E-state index is -3.08. The molecule has 1 aromatic carbocycles. The summed E-state index contributed by atoms with van der Waals surface area (Å²) in [5.41, 5.74) is 0.320. The van der Waals surface area contributed by atoms with E-state index in [-0.39, 0.29) is 17.5 Å². The Balaban J connectivity index is 1.83. The quantitative estimate of drug-likeness (QED) is 0.663. The summed E-state index contributed by atoms with van der Waals surface area (Å²) in [7, 11) is -1.55. The fourth-order valence-electron chi connectivity index (χ4n) is 2.55. The Labute approximate surface area is 154 Å². The van der Waals surface area contributed by atoms with Crippen LogP contribution in [0.4, 0.5) is 0 Å². The second kappa shape index (κ2) is 8.53. The van der Waals surface area contributed by atoms with E-state index >= 15 is 0 Å². The van der Waals surface area contributed by atoms with Crippen LogP contribution in [0.15, 0.2) is 24.3 Å². The van der Waals surface area contributed by atoms with Gasteiger partial charge in [-0.25, -0.2) is 13.2 Å². The highest BCUT2D eigenvalue weighted by atomic mass is 32.2. The molecule has 26 heavy (non-hydrogen) atoms. The number of ether oxygens (including phenoxy) is 2. The number of rotatable bonds is 7. The number of hydrogen-bond acceptors (Lipinski definition) is 6. The summed E-state index contributed by atoms with van der Waals surface area (Å²) in [5.74, 6) is 0.0750. The highest BCUT2D eigenvalue weighted by Crippen LogP contribution is 2.17. The van der Waals surface area contributed by atoms with Gasteiger partial charge in [-0.05, 0) is 36.6 Å². The summed E-state index contributed by atoms with van der Waals surface area (Å²) in [6.45, 7) is 4.25. The third-order valence-corrected chi connectivity index (χ3v) is 5.90. The first-order chi connectivity index (χ1) is 12.2. The maximum Gasteiger partial charge on any atom is 0.338 e. The molecule has 7 nitrogen and oxygen atoms in total. The zero-order valence-corrected chi connectivity index (χ0v) is 16.1. The lowest BCUT2D eigenvalue weighted by Crippen LogP contribution is -2.40. The van der Waals surface area contributed by atoms with E-state index in [9.17, 15) is 18.0 Å². The fourth-order valence-corrected chi connectivity index (χ4v) is 4.32. The van der Waals surface area contributed by atoms with Crippen molar-refractivity contribution in [2.45, 2.75) is 26.3 Å². The number of carbonyl (C=O) groups excluding carboxylic acids is 2. The van der Waals surface area contributed by atoms with Crippen LogP contribution in [0.5, 0.6) is 5.75 Å². The van der Waals surface area contributed by atoms with Crippen molar-refractivity contribution in [1.29, 1.82) is 0 Å². The van der Waals surface area contributed by atoms with Gasteiger partial charge in [-0.3, -0.25) is 4.79 Å². The van der Waals surface area contributed by atoms with E-state index in [2.05, 4.69) is 0 Å². The Hall–Kier alpha value is -2.09. The van der Waals surface area contributed by atoms with Crippen molar-refractivity contribution in [2.75, 3.05) is 31.8 Å². The molecule has 0 aliphatic carbocycles. The van der Waals surface area contributed by atoms with Crippen LogP contribution in [-0.2, 0) is 19.4 Å². The molecule has 1 aliphatic rings. The average Bonchev–Trinajstić information content (AvgIpc) is 2.97. The lowest BCUT2D eigenvalue weighted by atomic mass is 10.2. The van der Waals surface area contributed by atoms with Crippen LogP contribution < -0.4 is 4.74 Å². The standard InChI is InChI=1S/C18H25NO6S/c1-13(2)10-24-16-6-4-14(5-7-16)18(21)25-11-17(20)19(3)15-8-9-26(22,23)12-15/h4-7,13,15H,8-12H2,1-3H3/t15-/m0/s1. The van der Waals surface area contributed by atoms with Crippen molar-refractivity contribution in [1.82, 2.24) is 4.90 Å². The molecule has 1 aromatic rings. The first-order valence-corrected chi connectivity index (χ1v) is 10.4. The van der Waals surface area contributed by atoms with E-state index in [0.29, 0.717) is 30.3 Å². The topological polar surface area (TPSA) is 90.0 Å². The van der Waals surface area contributed by atoms with Crippen LogP contribution in [-0.4, -0.2) is 63.0 Å². The van der Waals surface area contributed by atoms with Crippen LogP contribution >= 0.6 is 0 Å². The Morgan fingerprint density at radius 3 is 2.42 bits per heavy atom. The lowest BCUT2D eigenvalue weighted by molar-refractivity contribution is -0.134. The van der Waals surface area contributed by atoms with Crippen LogP contribution in [0.2, 0.25) is 0 Å². The molecule has 1 saturated heterocycles. The number of benzene rings is 1. The molecule has 0 radical (unpaired) electrons. The van der Waals surface area contributed by atoms with Gasteiger partial charge < -0.3 is 14.4 Å². The Bertz CT molecular complexity index is 741. The molecule has 2 rings (SSSR count). The molecular formula is C18H25NO6S. The Morgan fingerprint density at radius 1 is 1.23 bits per heavy atom. The maximum absolute atomic E-state index is 12.1. The molecule has 1 fully saturated rings. The van der Waals surface area contributed by atoms with E-state index < -0.39 is 28.3 Å². The van der Waals surface area contributed by atoms with Crippen molar-refractivity contribution in [3.8, 4) is 5.75 Å². The predicted octanol–water partition coefficient (Wildman–Crippen LogP) is 1.52. The van der Waals surface area contributed by atoms with Gasteiger partial charge in [0.2, 0.25) is 0 Å². The first-order valence-electron chi connectivity index (χ1n) is 8.54. The molecule has 8 heteroatoms. The SMILES string of the molecule is CC(C)COc1ccc(C(=O)OCC(=O)N(C)[C@H]2CCS(=O)(=O)C2)cc1. The number of sulfone groups is 1. The molecular weight excluding hydrogens is 358 g/mol. The summed E-state index contributed by atoms with van der Waals surface area (Å²) < 4.78 is 33.6. The second-order valence-electron chi connectivity index (χ2n) is 6.87. The molecule has 1 aliphatic heterocycles. The van der Waals surface area contributed by atoms with Gasteiger partial charge in [-0.2, -0.15) is 0 Å². The fraction of sp³-hybridized carbons (Fsp3) is 0.556. The van der Waals surface area contributed by atoms with E-state index in [4.69, 9.17) is 9.47 Å². The van der Waals surface area contributed by atoms with Gasteiger partial charge >= 0.3 is 5.97 Å². The van der Waals surface area contributed by atoms with E-state index in [0.717, 1.165) is 0 Å². The van der Waals surface area contributed by atoms with Gasteiger partial charge in [0.05, 0.1) is 23.7 Å². The number of esters is 1. The smallest absolute Gasteiger partial charge is 0.338 e. The average molecular weight is 383 g/mol. The predicted molar refractivity (Wildman–Crippen MR) is 96.9 cm³/mol. The normalized spacial score (nSPS) is 18.5. The summed E-state index contributed by atoms with van der Waals surface area (Å²) in [6.07, 6.45) is 0.413. The van der Waals surface area contributed by atoms with Gasteiger partial charge in [-0.1, -0.05) is 13.8 Å². The zero-order valence-electron chi connectivity index (χ0n) is 15.3. The maximum atomic E-state index is 12.1. The Kier molecular flexibility index (Phi) is 6.63. The van der Waals surface area contributed by atoms with Gasteiger partial charge in [0.25, 0.3) is 5.91 Å². The Morgan fingerprint density at radius 2 is 1.88 bits per heavy atom. The number of amides is 1. The summed E-state index contributed by atoms with van der Waals surface area (Å²) >= 11 is 0. The molecule has 0 unspecified atom stereocenters. The third kappa shape index (κ3) is 5.72. The molecule has 0 N–H and O–H groups in total.